The fourth-order valence-electron chi connectivity index (χ4n) is 1.56. The predicted molar refractivity (Wildman–Crippen MR) is 59.1 cm³/mol. The lowest BCUT2D eigenvalue weighted by molar-refractivity contribution is -0.138. The molecular formula is C12H8F4N2O. The van der Waals surface area contributed by atoms with Gasteiger partial charge in [-0.15, -0.1) is 0 Å². The van der Waals surface area contributed by atoms with E-state index in [-0.39, 0.29) is 12.1 Å². The average Bonchev–Trinajstić information content (AvgIpc) is 2.33. The highest BCUT2D eigenvalue weighted by molar-refractivity contribution is 5.24. The van der Waals surface area contributed by atoms with Gasteiger partial charge in [0.25, 0.3) is 5.56 Å². The number of hydrogen-bond donors (Lipinski definition) is 1. The molecule has 0 saturated heterocycles. The van der Waals surface area contributed by atoms with Crippen molar-refractivity contribution >= 4 is 0 Å². The number of aromatic nitrogens is 2. The molecule has 0 radical (unpaired) electrons. The van der Waals surface area contributed by atoms with Gasteiger partial charge in [-0.05, 0) is 23.8 Å². The van der Waals surface area contributed by atoms with E-state index < -0.39 is 23.1 Å². The van der Waals surface area contributed by atoms with Crippen LogP contribution in [0.4, 0.5) is 17.6 Å². The van der Waals surface area contributed by atoms with E-state index in [9.17, 15) is 22.4 Å². The molecule has 0 aliphatic carbocycles. The van der Waals surface area contributed by atoms with Crippen molar-refractivity contribution in [1.82, 2.24) is 10.2 Å². The Morgan fingerprint density at radius 2 is 1.79 bits per heavy atom. The van der Waals surface area contributed by atoms with E-state index in [2.05, 4.69) is 5.10 Å². The number of halogens is 4. The maximum absolute atomic E-state index is 12.7. The molecule has 1 aromatic carbocycles. The maximum atomic E-state index is 12.7. The summed E-state index contributed by atoms with van der Waals surface area (Å²) in [4.78, 5) is 11.0. The van der Waals surface area contributed by atoms with Crippen molar-refractivity contribution in [3.05, 3.63) is 63.3 Å². The minimum Gasteiger partial charge on any atom is -0.267 e. The summed E-state index contributed by atoms with van der Waals surface area (Å²) >= 11 is 0. The zero-order valence-corrected chi connectivity index (χ0v) is 9.46. The lowest BCUT2D eigenvalue weighted by Crippen LogP contribution is -2.23. The van der Waals surface area contributed by atoms with Crippen LogP contribution in [0.15, 0.2) is 35.1 Å². The van der Waals surface area contributed by atoms with E-state index in [1.165, 1.54) is 24.3 Å². The van der Waals surface area contributed by atoms with Gasteiger partial charge in [0.15, 0.2) is 0 Å². The second-order valence-corrected chi connectivity index (χ2v) is 3.90. The highest BCUT2D eigenvalue weighted by Gasteiger charge is 2.34. The molecule has 0 amide bonds. The summed E-state index contributed by atoms with van der Waals surface area (Å²) in [5.74, 6) is -0.436. The van der Waals surface area contributed by atoms with Crippen LogP contribution in [0.1, 0.15) is 16.8 Å². The Labute approximate surface area is 104 Å². The molecule has 1 heterocycles. The molecule has 0 atom stereocenters. The Balaban J connectivity index is 2.32. The number of aromatic amines is 1. The summed E-state index contributed by atoms with van der Waals surface area (Å²) in [5, 5.41) is 5.35. The Kier molecular flexibility index (Phi) is 3.37. The second-order valence-electron chi connectivity index (χ2n) is 3.90. The molecule has 0 saturated carbocycles. The zero-order chi connectivity index (χ0) is 14.0. The summed E-state index contributed by atoms with van der Waals surface area (Å²) in [6.45, 7) is 0. The molecule has 3 nitrogen and oxygen atoms in total. The lowest BCUT2D eigenvalue weighted by atomic mass is 10.1. The molecule has 0 aliphatic heterocycles. The van der Waals surface area contributed by atoms with Crippen LogP contribution in [-0.4, -0.2) is 10.2 Å². The first-order valence-electron chi connectivity index (χ1n) is 5.26. The standard InChI is InChI=1S/C12H8F4N2O/c13-8-3-1-7(2-4-8)5-9-6-10(12(14,15)16)11(19)18-17-9/h1-4,6H,5H2,(H,18,19). The fraction of sp³-hybridized carbons (Fsp3) is 0.167. The van der Waals surface area contributed by atoms with Gasteiger partial charge >= 0.3 is 6.18 Å². The first kappa shape index (κ1) is 13.3. The minimum atomic E-state index is -4.73. The van der Waals surface area contributed by atoms with Gasteiger partial charge in [-0.1, -0.05) is 12.1 Å². The van der Waals surface area contributed by atoms with Crippen molar-refractivity contribution in [3.63, 3.8) is 0 Å². The van der Waals surface area contributed by atoms with E-state index in [1.807, 2.05) is 5.10 Å². The number of nitrogens with zero attached hydrogens (tertiary/aromatic N) is 1. The molecule has 1 aromatic heterocycles. The third-order valence-electron chi connectivity index (χ3n) is 2.46. The number of benzene rings is 1. The summed E-state index contributed by atoms with van der Waals surface area (Å²) in [6, 6.07) is 5.98. The van der Waals surface area contributed by atoms with Crippen molar-refractivity contribution in [1.29, 1.82) is 0 Å². The highest BCUT2D eigenvalue weighted by atomic mass is 19.4. The number of hydrogen-bond acceptors (Lipinski definition) is 2. The Morgan fingerprint density at radius 3 is 2.37 bits per heavy atom. The quantitative estimate of drug-likeness (QED) is 0.854. The summed E-state index contributed by atoms with van der Waals surface area (Å²) in [5.41, 5.74) is -1.93. The Hall–Kier alpha value is -2.18. The third kappa shape index (κ3) is 3.18. The van der Waals surface area contributed by atoms with E-state index in [1.54, 1.807) is 0 Å². The smallest absolute Gasteiger partial charge is 0.267 e. The molecule has 7 heteroatoms. The molecule has 0 unspecified atom stereocenters. The van der Waals surface area contributed by atoms with Crippen molar-refractivity contribution in [2.24, 2.45) is 0 Å². The van der Waals surface area contributed by atoms with E-state index >= 15 is 0 Å². The van der Waals surface area contributed by atoms with Gasteiger partial charge in [-0.25, -0.2) is 9.49 Å². The van der Waals surface area contributed by atoms with Crippen LogP contribution < -0.4 is 5.56 Å². The van der Waals surface area contributed by atoms with Crippen molar-refractivity contribution < 1.29 is 17.6 Å². The summed E-state index contributed by atoms with van der Waals surface area (Å²) in [6.07, 6.45) is -4.66. The molecule has 0 spiro atoms. The van der Waals surface area contributed by atoms with Crippen LogP contribution in [0.3, 0.4) is 0 Å². The van der Waals surface area contributed by atoms with Crippen LogP contribution in [-0.2, 0) is 12.6 Å². The van der Waals surface area contributed by atoms with Crippen LogP contribution in [0.5, 0.6) is 0 Å². The molecular weight excluding hydrogens is 264 g/mol. The Morgan fingerprint density at radius 1 is 1.16 bits per heavy atom. The molecule has 1 N–H and O–H groups in total. The SMILES string of the molecule is O=c1[nH]nc(Cc2ccc(F)cc2)cc1C(F)(F)F. The van der Waals surface area contributed by atoms with Gasteiger partial charge < -0.3 is 0 Å². The van der Waals surface area contributed by atoms with Crippen LogP contribution >= 0.6 is 0 Å². The largest absolute Gasteiger partial charge is 0.421 e. The minimum absolute atomic E-state index is 0.0542. The van der Waals surface area contributed by atoms with Crippen molar-refractivity contribution in [3.8, 4) is 0 Å². The average molecular weight is 272 g/mol. The molecule has 100 valence electrons. The van der Waals surface area contributed by atoms with Gasteiger partial charge in [0, 0.05) is 6.42 Å². The van der Waals surface area contributed by atoms with Crippen LogP contribution in [0, 0.1) is 5.82 Å². The normalized spacial score (nSPS) is 11.6. The van der Waals surface area contributed by atoms with E-state index in [0.29, 0.717) is 11.6 Å². The molecule has 2 rings (SSSR count). The molecule has 0 fully saturated rings. The molecule has 19 heavy (non-hydrogen) atoms. The summed E-state index contributed by atoms with van der Waals surface area (Å²) < 4.78 is 50.3. The van der Waals surface area contributed by atoms with Gasteiger partial charge in [0.1, 0.15) is 11.4 Å². The Bertz CT molecular complexity index is 631. The van der Waals surface area contributed by atoms with Crippen LogP contribution in [0.25, 0.3) is 0 Å². The van der Waals surface area contributed by atoms with Crippen molar-refractivity contribution in [2.45, 2.75) is 12.6 Å². The summed E-state index contributed by atoms with van der Waals surface area (Å²) in [7, 11) is 0. The fourth-order valence-corrected chi connectivity index (χ4v) is 1.56. The van der Waals surface area contributed by atoms with Gasteiger partial charge in [0.05, 0.1) is 5.69 Å². The van der Waals surface area contributed by atoms with Gasteiger partial charge in [0.2, 0.25) is 0 Å². The van der Waals surface area contributed by atoms with Gasteiger partial charge in [-0.3, -0.25) is 4.79 Å². The van der Waals surface area contributed by atoms with E-state index in [4.69, 9.17) is 0 Å². The first-order chi connectivity index (χ1) is 8.86. The zero-order valence-electron chi connectivity index (χ0n) is 9.46. The highest BCUT2D eigenvalue weighted by Crippen LogP contribution is 2.26. The van der Waals surface area contributed by atoms with Gasteiger partial charge in [-0.2, -0.15) is 18.3 Å². The molecule has 2 aromatic rings. The number of alkyl halides is 3. The van der Waals surface area contributed by atoms with Crippen molar-refractivity contribution in [2.75, 3.05) is 0 Å². The van der Waals surface area contributed by atoms with Crippen LogP contribution in [0.2, 0.25) is 0 Å². The topological polar surface area (TPSA) is 45.8 Å². The monoisotopic (exact) mass is 272 g/mol. The number of rotatable bonds is 2. The molecule has 0 aliphatic rings. The van der Waals surface area contributed by atoms with E-state index in [0.717, 1.165) is 0 Å². The number of H-pyrrole nitrogens is 1. The predicted octanol–water partition coefficient (Wildman–Crippen LogP) is 2.52. The second kappa shape index (κ2) is 4.83. The number of nitrogens with one attached hydrogen (secondary N) is 1. The first-order valence-corrected chi connectivity index (χ1v) is 5.26. The molecule has 0 bridgehead atoms. The third-order valence-corrected chi connectivity index (χ3v) is 2.46. The lowest BCUT2D eigenvalue weighted by Gasteiger charge is -2.07. The maximum Gasteiger partial charge on any atom is 0.421 e.